The molecule has 2 aromatic rings. The first-order valence-electron chi connectivity index (χ1n) is 14.6. The summed E-state index contributed by atoms with van der Waals surface area (Å²) in [5.74, 6) is -0.303. The molecular weight excluding hydrogens is 509 g/mol. The van der Waals surface area contributed by atoms with Crippen molar-refractivity contribution < 1.29 is 18.7 Å². The van der Waals surface area contributed by atoms with Crippen molar-refractivity contribution >= 4 is 11.8 Å². The zero-order valence-electron chi connectivity index (χ0n) is 23.6. The molecule has 9 heteroatoms. The average Bonchev–Trinajstić information content (AvgIpc) is 3.24. The van der Waals surface area contributed by atoms with Crippen molar-refractivity contribution in [1.82, 2.24) is 24.9 Å². The van der Waals surface area contributed by atoms with Crippen molar-refractivity contribution in [1.29, 1.82) is 0 Å². The van der Waals surface area contributed by atoms with Gasteiger partial charge in [0, 0.05) is 70.5 Å². The van der Waals surface area contributed by atoms with E-state index >= 15 is 0 Å². The highest BCUT2D eigenvalue weighted by Crippen LogP contribution is 2.28. The van der Waals surface area contributed by atoms with Crippen LogP contribution in [0.3, 0.4) is 0 Å². The number of nitrogens with zero attached hydrogens (tertiary/aromatic N) is 4. The number of benzene rings is 2. The minimum absolute atomic E-state index is 0.0135. The van der Waals surface area contributed by atoms with E-state index in [0.717, 1.165) is 70.0 Å². The first-order chi connectivity index (χ1) is 19.5. The van der Waals surface area contributed by atoms with Crippen molar-refractivity contribution in [3.05, 3.63) is 71.0 Å². The van der Waals surface area contributed by atoms with Crippen LogP contribution in [0.15, 0.2) is 48.5 Å². The predicted molar refractivity (Wildman–Crippen MR) is 153 cm³/mol. The van der Waals surface area contributed by atoms with Gasteiger partial charge in [-0.2, -0.15) is 0 Å². The van der Waals surface area contributed by atoms with Crippen LogP contribution in [0.4, 0.5) is 4.39 Å². The maximum Gasteiger partial charge on any atom is 0.254 e. The Morgan fingerprint density at radius 2 is 1.75 bits per heavy atom. The molecule has 2 atom stereocenters. The summed E-state index contributed by atoms with van der Waals surface area (Å²) in [6.45, 7) is 11.1. The molecule has 0 spiro atoms. The molecule has 0 radical (unpaired) electrons. The van der Waals surface area contributed by atoms with E-state index in [-0.39, 0.29) is 23.7 Å². The van der Waals surface area contributed by atoms with E-state index in [1.54, 1.807) is 0 Å². The maximum atomic E-state index is 13.9. The lowest BCUT2D eigenvalue weighted by Gasteiger charge is -2.33. The van der Waals surface area contributed by atoms with E-state index in [0.29, 0.717) is 38.2 Å². The molecule has 3 fully saturated rings. The summed E-state index contributed by atoms with van der Waals surface area (Å²) in [4.78, 5) is 36.3. The second kappa shape index (κ2) is 13.7. The summed E-state index contributed by atoms with van der Waals surface area (Å²) >= 11 is 0. The summed E-state index contributed by atoms with van der Waals surface area (Å²) in [5, 5.41) is 3.37. The third kappa shape index (κ3) is 7.26. The Bertz CT molecular complexity index is 1110. The number of hydrogen-bond acceptors (Lipinski definition) is 6. The van der Waals surface area contributed by atoms with Gasteiger partial charge in [-0.1, -0.05) is 29.8 Å². The number of morpholine rings is 1. The van der Waals surface area contributed by atoms with Crippen LogP contribution in [0.1, 0.15) is 34.3 Å². The second-order valence-electron chi connectivity index (χ2n) is 11.2. The van der Waals surface area contributed by atoms with Crippen LogP contribution in [0.25, 0.3) is 0 Å². The molecule has 40 heavy (non-hydrogen) atoms. The van der Waals surface area contributed by atoms with Crippen LogP contribution in [0, 0.1) is 12.7 Å². The van der Waals surface area contributed by atoms with Crippen molar-refractivity contribution in [2.45, 2.75) is 38.4 Å². The maximum absolute atomic E-state index is 13.9. The number of aryl methyl sites for hydroxylation is 1. The number of likely N-dealkylation sites (tertiary alicyclic amines) is 1. The summed E-state index contributed by atoms with van der Waals surface area (Å²) in [7, 11) is 0. The fourth-order valence-electron chi connectivity index (χ4n) is 5.99. The fraction of sp³-hybridized carbons (Fsp3) is 0.548. The van der Waals surface area contributed by atoms with Crippen LogP contribution in [0.2, 0.25) is 0 Å². The number of nitrogens with one attached hydrogen (secondary N) is 1. The van der Waals surface area contributed by atoms with Crippen molar-refractivity contribution in [3.63, 3.8) is 0 Å². The third-order valence-electron chi connectivity index (χ3n) is 8.40. The van der Waals surface area contributed by atoms with Gasteiger partial charge in [-0.25, -0.2) is 4.39 Å². The minimum atomic E-state index is -0.504. The van der Waals surface area contributed by atoms with Gasteiger partial charge < -0.3 is 19.9 Å². The predicted octanol–water partition coefficient (Wildman–Crippen LogP) is 2.37. The normalized spacial score (nSPS) is 22.5. The van der Waals surface area contributed by atoms with Gasteiger partial charge in [-0.05, 0) is 56.1 Å². The highest BCUT2D eigenvalue weighted by molar-refractivity contribution is 5.98. The lowest BCUT2D eigenvalue weighted by Crippen LogP contribution is -2.48. The molecule has 2 aromatic carbocycles. The Balaban J connectivity index is 1.39. The monoisotopic (exact) mass is 551 g/mol. The highest BCUT2D eigenvalue weighted by atomic mass is 19.1. The molecule has 0 saturated carbocycles. The standard InChI is InChI=1S/C31H42FN5O3/c1-24-3-7-26(8-4-24)30(38)37-23-28(21-29(37)31(39)35-13-2-11-33-12-14-35)36(16-15-34-17-19-40-20-18-34)22-25-5-9-27(32)10-6-25/h3-10,28-29,33H,2,11-23H2,1H3. The first kappa shape index (κ1) is 28.7. The molecule has 2 amide bonds. The number of rotatable bonds is 8. The van der Waals surface area contributed by atoms with Crippen LogP contribution in [-0.2, 0) is 16.1 Å². The van der Waals surface area contributed by atoms with Gasteiger partial charge in [-0.15, -0.1) is 0 Å². The highest BCUT2D eigenvalue weighted by Gasteiger charge is 2.43. The Labute approximate surface area is 237 Å². The number of ether oxygens (including phenoxy) is 1. The number of hydrogen-bond donors (Lipinski definition) is 1. The lowest BCUT2D eigenvalue weighted by molar-refractivity contribution is -0.135. The topological polar surface area (TPSA) is 68.4 Å². The molecule has 3 saturated heterocycles. The van der Waals surface area contributed by atoms with E-state index in [4.69, 9.17) is 4.74 Å². The molecule has 1 N–H and O–H groups in total. The summed E-state index contributed by atoms with van der Waals surface area (Å²) in [5.41, 5.74) is 2.72. The first-order valence-corrected chi connectivity index (χ1v) is 14.6. The molecule has 8 nitrogen and oxygen atoms in total. The Hall–Kier alpha value is -2.85. The number of carbonyl (C=O) groups is 2. The van der Waals surface area contributed by atoms with E-state index in [1.807, 2.05) is 53.1 Å². The van der Waals surface area contributed by atoms with E-state index in [9.17, 15) is 14.0 Å². The van der Waals surface area contributed by atoms with E-state index in [2.05, 4.69) is 15.1 Å². The van der Waals surface area contributed by atoms with Crippen LogP contribution >= 0.6 is 0 Å². The molecule has 5 rings (SSSR count). The quantitative estimate of drug-likeness (QED) is 0.544. The number of carbonyl (C=O) groups excluding carboxylic acids is 2. The summed E-state index contributed by atoms with van der Waals surface area (Å²) in [6.07, 6.45) is 1.49. The van der Waals surface area contributed by atoms with Gasteiger partial charge in [0.1, 0.15) is 11.9 Å². The number of amides is 2. The SMILES string of the molecule is Cc1ccc(C(=O)N2CC(N(CCN3CCOCC3)Cc3ccc(F)cc3)CC2C(=O)N2CCCNCC2)cc1. The van der Waals surface area contributed by atoms with Crippen LogP contribution < -0.4 is 5.32 Å². The molecule has 2 unspecified atom stereocenters. The summed E-state index contributed by atoms with van der Waals surface area (Å²) in [6, 6.07) is 13.8. The Kier molecular flexibility index (Phi) is 9.80. The summed E-state index contributed by atoms with van der Waals surface area (Å²) < 4.78 is 19.2. The Morgan fingerprint density at radius 1 is 1.00 bits per heavy atom. The van der Waals surface area contributed by atoms with Crippen molar-refractivity contribution in [2.24, 2.45) is 0 Å². The molecule has 0 aromatic heterocycles. The van der Waals surface area contributed by atoms with Crippen molar-refractivity contribution in [3.8, 4) is 0 Å². The molecule has 3 heterocycles. The van der Waals surface area contributed by atoms with Crippen LogP contribution in [0.5, 0.6) is 0 Å². The largest absolute Gasteiger partial charge is 0.379 e. The van der Waals surface area contributed by atoms with Crippen molar-refractivity contribution in [2.75, 3.05) is 72.1 Å². The van der Waals surface area contributed by atoms with E-state index in [1.165, 1.54) is 12.1 Å². The van der Waals surface area contributed by atoms with Gasteiger partial charge in [0.15, 0.2) is 0 Å². The smallest absolute Gasteiger partial charge is 0.254 e. The Morgan fingerprint density at radius 3 is 2.50 bits per heavy atom. The molecule has 0 bridgehead atoms. The van der Waals surface area contributed by atoms with Gasteiger partial charge in [0.2, 0.25) is 5.91 Å². The second-order valence-corrected chi connectivity index (χ2v) is 11.2. The zero-order chi connectivity index (χ0) is 27.9. The number of halogens is 1. The van der Waals surface area contributed by atoms with Gasteiger partial charge in [-0.3, -0.25) is 19.4 Å². The molecule has 0 aliphatic carbocycles. The third-order valence-corrected chi connectivity index (χ3v) is 8.40. The van der Waals surface area contributed by atoms with Gasteiger partial charge >= 0.3 is 0 Å². The molecule has 3 aliphatic heterocycles. The van der Waals surface area contributed by atoms with E-state index < -0.39 is 6.04 Å². The zero-order valence-corrected chi connectivity index (χ0v) is 23.6. The fourth-order valence-corrected chi connectivity index (χ4v) is 5.99. The van der Waals surface area contributed by atoms with Gasteiger partial charge in [0.25, 0.3) is 5.91 Å². The minimum Gasteiger partial charge on any atom is -0.379 e. The molecular formula is C31H42FN5O3. The lowest BCUT2D eigenvalue weighted by atomic mass is 10.1. The average molecular weight is 552 g/mol. The molecule has 3 aliphatic rings. The van der Waals surface area contributed by atoms with Gasteiger partial charge in [0.05, 0.1) is 13.2 Å². The molecule has 216 valence electrons. The van der Waals surface area contributed by atoms with Crippen LogP contribution in [-0.4, -0.2) is 116 Å².